The van der Waals surface area contributed by atoms with E-state index in [2.05, 4.69) is 29.0 Å². The molecule has 1 aliphatic heterocycles. The standard InChI is InChI=1S/C25H28N4O3/c1-17(2)15-28-14-13-19-20(9-6-10-22(19)28)26-23(30)12-11-21-24(31)29(25(32)27-21)16-18-7-4-3-5-8-18/h3-10,13-14,17,21H,11-12,15-16H2,1-2H3,(H,26,30)(H,27,32)/t21-/m1/s1. The summed E-state index contributed by atoms with van der Waals surface area (Å²) in [7, 11) is 0. The molecule has 1 atom stereocenters. The summed E-state index contributed by atoms with van der Waals surface area (Å²) in [4.78, 5) is 38.7. The third kappa shape index (κ3) is 4.66. The first-order valence-corrected chi connectivity index (χ1v) is 11.0. The van der Waals surface area contributed by atoms with Gasteiger partial charge in [-0.05, 0) is 36.1 Å². The minimum absolute atomic E-state index is 0.138. The van der Waals surface area contributed by atoms with Crippen LogP contribution in [0.4, 0.5) is 10.5 Å². The molecule has 0 unspecified atom stereocenters. The van der Waals surface area contributed by atoms with E-state index in [1.54, 1.807) is 0 Å². The van der Waals surface area contributed by atoms with Gasteiger partial charge in [-0.1, -0.05) is 50.2 Å². The van der Waals surface area contributed by atoms with E-state index < -0.39 is 12.1 Å². The maximum atomic E-state index is 12.7. The van der Waals surface area contributed by atoms with E-state index in [9.17, 15) is 14.4 Å². The van der Waals surface area contributed by atoms with Crippen molar-refractivity contribution in [2.45, 2.75) is 45.8 Å². The lowest BCUT2D eigenvalue weighted by atomic mass is 10.1. The minimum Gasteiger partial charge on any atom is -0.347 e. The molecule has 1 fully saturated rings. The first kappa shape index (κ1) is 21.6. The van der Waals surface area contributed by atoms with Gasteiger partial charge in [0.1, 0.15) is 6.04 Å². The van der Waals surface area contributed by atoms with E-state index in [-0.39, 0.29) is 31.2 Å². The highest BCUT2D eigenvalue weighted by atomic mass is 16.2. The van der Waals surface area contributed by atoms with Gasteiger partial charge in [0.25, 0.3) is 5.91 Å². The average molecular weight is 433 g/mol. The molecule has 1 saturated heterocycles. The summed E-state index contributed by atoms with van der Waals surface area (Å²) in [5, 5.41) is 6.65. The first-order chi connectivity index (χ1) is 15.4. The molecule has 32 heavy (non-hydrogen) atoms. The van der Waals surface area contributed by atoms with Crippen molar-refractivity contribution in [3.8, 4) is 0 Å². The number of hydrogen-bond acceptors (Lipinski definition) is 3. The van der Waals surface area contributed by atoms with E-state index in [4.69, 9.17) is 0 Å². The zero-order valence-corrected chi connectivity index (χ0v) is 18.4. The number of carbonyl (C=O) groups excluding carboxylic acids is 3. The van der Waals surface area contributed by atoms with E-state index in [1.165, 1.54) is 4.90 Å². The average Bonchev–Trinajstić information content (AvgIpc) is 3.29. The first-order valence-electron chi connectivity index (χ1n) is 11.0. The third-order valence-electron chi connectivity index (χ3n) is 5.60. The summed E-state index contributed by atoms with van der Waals surface area (Å²) >= 11 is 0. The number of benzene rings is 2. The molecule has 166 valence electrons. The normalized spacial score (nSPS) is 16.1. The van der Waals surface area contributed by atoms with Crippen LogP contribution in [0.15, 0.2) is 60.8 Å². The van der Waals surface area contributed by atoms with E-state index in [1.807, 2.05) is 60.8 Å². The summed E-state index contributed by atoms with van der Waals surface area (Å²) < 4.78 is 2.18. The highest BCUT2D eigenvalue weighted by molar-refractivity contribution is 6.05. The molecular weight excluding hydrogens is 404 g/mol. The smallest absolute Gasteiger partial charge is 0.325 e. The number of urea groups is 1. The molecule has 1 aromatic heterocycles. The number of aromatic nitrogens is 1. The van der Waals surface area contributed by atoms with Crippen molar-refractivity contribution in [3.05, 3.63) is 66.4 Å². The molecule has 4 rings (SSSR count). The van der Waals surface area contributed by atoms with Crippen LogP contribution in [-0.4, -0.2) is 33.4 Å². The van der Waals surface area contributed by atoms with Crippen molar-refractivity contribution < 1.29 is 14.4 Å². The maximum absolute atomic E-state index is 12.7. The van der Waals surface area contributed by atoms with Gasteiger partial charge in [0.2, 0.25) is 5.91 Å². The third-order valence-corrected chi connectivity index (χ3v) is 5.60. The molecule has 7 heteroatoms. The summed E-state index contributed by atoms with van der Waals surface area (Å²) in [5.41, 5.74) is 2.71. The van der Waals surface area contributed by atoms with Crippen molar-refractivity contribution in [1.82, 2.24) is 14.8 Å². The highest BCUT2D eigenvalue weighted by Crippen LogP contribution is 2.26. The van der Waals surface area contributed by atoms with Crippen molar-refractivity contribution in [1.29, 1.82) is 0 Å². The summed E-state index contributed by atoms with van der Waals surface area (Å²) in [6.07, 6.45) is 2.43. The fourth-order valence-electron chi connectivity index (χ4n) is 4.06. The lowest BCUT2D eigenvalue weighted by molar-refractivity contribution is -0.128. The Morgan fingerprint density at radius 1 is 1.06 bits per heavy atom. The van der Waals surface area contributed by atoms with Gasteiger partial charge in [-0.15, -0.1) is 0 Å². The topological polar surface area (TPSA) is 83.4 Å². The summed E-state index contributed by atoms with van der Waals surface area (Å²) in [5.74, 6) is 0.0432. The van der Waals surface area contributed by atoms with E-state index in [0.717, 1.165) is 28.7 Å². The lowest BCUT2D eigenvalue weighted by Gasteiger charge is -2.13. The predicted molar refractivity (Wildman–Crippen MR) is 124 cm³/mol. The van der Waals surface area contributed by atoms with Crippen molar-refractivity contribution in [2.75, 3.05) is 5.32 Å². The monoisotopic (exact) mass is 432 g/mol. The SMILES string of the molecule is CC(C)Cn1ccc2c(NC(=O)CC[C@H]3NC(=O)N(Cc4ccccc4)C3=O)cccc21. The van der Waals surface area contributed by atoms with Crippen LogP contribution in [0.5, 0.6) is 0 Å². The quantitative estimate of drug-likeness (QED) is 0.525. The maximum Gasteiger partial charge on any atom is 0.325 e. The molecule has 4 amide bonds. The van der Waals surface area contributed by atoms with E-state index in [0.29, 0.717) is 5.92 Å². The molecule has 0 saturated carbocycles. The molecule has 0 bridgehead atoms. The van der Waals surface area contributed by atoms with Gasteiger partial charge in [-0.2, -0.15) is 0 Å². The van der Waals surface area contributed by atoms with Crippen LogP contribution in [0.1, 0.15) is 32.3 Å². The zero-order chi connectivity index (χ0) is 22.7. The molecule has 2 heterocycles. The zero-order valence-electron chi connectivity index (χ0n) is 18.4. The van der Waals surface area contributed by atoms with Crippen LogP contribution in [-0.2, 0) is 22.7 Å². The molecule has 2 aromatic carbocycles. The Balaban J connectivity index is 1.36. The molecular formula is C25H28N4O3. The van der Waals surface area contributed by atoms with Gasteiger partial charge in [0, 0.05) is 24.5 Å². The van der Waals surface area contributed by atoms with Gasteiger partial charge in [0.15, 0.2) is 0 Å². The molecule has 2 N–H and O–H groups in total. The number of carbonyl (C=O) groups is 3. The van der Waals surface area contributed by atoms with Crippen LogP contribution >= 0.6 is 0 Å². The number of nitrogens with zero attached hydrogens (tertiary/aromatic N) is 2. The molecule has 3 aromatic rings. The van der Waals surface area contributed by atoms with E-state index >= 15 is 0 Å². The molecule has 0 spiro atoms. The second-order valence-corrected chi connectivity index (χ2v) is 8.60. The predicted octanol–water partition coefficient (Wildman–Crippen LogP) is 4.14. The highest BCUT2D eigenvalue weighted by Gasteiger charge is 2.37. The number of fused-ring (bicyclic) bond motifs is 1. The summed E-state index contributed by atoms with van der Waals surface area (Å²) in [6, 6.07) is 16.1. The number of anilines is 1. The molecule has 1 aliphatic rings. The Kier molecular flexibility index (Phi) is 6.25. The summed E-state index contributed by atoms with van der Waals surface area (Å²) in [6.45, 7) is 5.47. The van der Waals surface area contributed by atoms with Crippen LogP contribution in [0.25, 0.3) is 10.9 Å². The van der Waals surface area contributed by atoms with Gasteiger partial charge >= 0.3 is 6.03 Å². The van der Waals surface area contributed by atoms with Crippen LogP contribution in [0.2, 0.25) is 0 Å². The number of rotatable bonds is 8. The molecule has 0 aliphatic carbocycles. The number of imide groups is 1. The van der Waals surface area contributed by atoms with Gasteiger partial charge in [-0.25, -0.2) is 4.79 Å². The number of hydrogen-bond donors (Lipinski definition) is 2. The van der Waals surface area contributed by atoms with Crippen molar-refractivity contribution >= 4 is 34.4 Å². The van der Waals surface area contributed by atoms with Crippen molar-refractivity contribution in [3.63, 3.8) is 0 Å². The molecule has 0 radical (unpaired) electrons. The van der Waals surface area contributed by atoms with Crippen molar-refractivity contribution in [2.24, 2.45) is 5.92 Å². The number of nitrogens with one attached hydrogen (secondary N) is 2. The Labute approximate surface area is 187 Å². The Hall–Kier alpha value is -3.61. The Morgan fingerprint density at radius 2 is 1.84 bits per heavy atom. The number of amides is 4. The second-order valence-electron chi connectivity index (χ2n) is 8.60. The van der Waals surface area contributed by atoms with Crippen LogP contribution < -0.4 is 10.6 Å². The lowest BCUT2D eigenvalue weighted by Crippen LogP contribution is -2.31. The fourth-order valence-corrected chi connectivity index (χ4v) is 4.06. The Bertz CT molecular complexity index is 1140. The van der Waals surface area contributed by atoms with Gasteiger partial charge < -0.3 is 15.2 Å². The second kappa shape index (κ2) is 9.26. The minimum atomic E-state index is -0.681. The Morgan fingerprint density at radius 3 is 2.59 bits per heavy atom. The molecule has 7 nitrogen and oxygen atoms in total. The van der Waals surface area contributed by atoms with Crippen LogP contribution in [0.3, 0.4) is 0 Å². The van der Waals surface area contributed by atoms with Gasteiger partial charge in [0.05, 0.1) is 17.7 Å². The fraction of sp³-hybridized carbons (Fsp3) is 0.320. The van der Waals surface area contributed by atoms with Crippen LogP contribution in [0, 0.1) is 5.92 Å². The van der Waals surface area contributed by atoms with Gasteiger partial charge in [-0.3, -0.25) is 14.5 Å². The largest absolute Gasteiger partial charge is 0.347 e.